The van der Waals surface area contributed by atoms with Crippen molar-refractivity contribution in [2.24, 2.45) is 0 Å². The average Bonchev–Trinajstić information content (AvgIpc) is 3.09. The van der Waals surface area contributed by atoms with Crippen molar-refractivity contribution in [2.75, 3.05) is 31.7 Å². The summed E-state index contributed by atoms with van der Waals surface area (Å²) in [4.78, 5) is 26.9. The van der Waals surface area contributed by atoms with Gasteiger partial charge in [0.25, 0.3) is 5.91 Å². The number of hydrogen-bond donors (Lipinski definition) is 2. The molecule has 2 rings (SSSR count). The molecule has 1 atom stereocenters. The number of methoxy groups -OCH3 is 1. The molecule has 1 aromatic carbocycles. The highest BCUT2D eigenvalue weighted by Gasteiger charge is 2.31. The number of amides is 2. The molecule has 1 saturated heterocycles. The molecule has 0 aliphatic carbocycles. The van der Waals surface area contributed by atoms with E-state index in [9.17, 15) is 18.0 Å². The summed E-state index contributed by atoms with van der Waals surface area (Å²) in [5.41, 5.74) is 5.76. The van der Waals surface area contributed by atoms with Crippen molar-refractivity contribution in [3.05, 3.63) is 17.7 Å². The molecule has 8 nitrogen and oxygen atoms in total. The SMILES string of the molecule is CCN1CCCC1C(=O)NC(=O)c1cc(S(=O)(=O)CC)c(N)cc1OC. The van der Waals surface area contributed by atoms with Gasteiger partial charge in [0.1, 0.15) is 5.75 Å². The normalized spacial score (nSPS) is 17.9. The number of nitrogen functional groups attached to an aromatic ring is 1. The maximum Gasteiger partial charge on any atom is 0.261 e. The van der Waals surface area contributed by atoms with Crippen LogP contribution in [0.5, 0.6) is 5.75 Å². The molecule has 0 radical (unpaired) electrons. The standard InChI is InChI=1S/C17H25N3O5S/c1-4-20-8-6-7-13(20)17(22)19-16(21)11-9-15(26(23,24)5-2)12(18)10-14(11)25-3/h9-10,13H,4-8,18H2,1-3H3,(H,19,21,22). The molecule has 0 saturated carbocycles. The Kier molecular flexibility index (Phi) is 6.25. The summed E-state index contributed by atoms with van der Waals surface area (Å²) in [5.74, 6) is -1.14. The van der Waals surface area contributed by atoms with E-state index in [2.05, 4.69) is 5.32 Å². The Morgan fingerprint density at radius 3 is 2.62 bits per heavy atom. The van der Waals surface area contributed by atoms with Crippen molar-refractivity contribution in [3.63, 3.8) is 0 Å². The second-order valence-electron chi connectivity index (χ2n) is 6.10. The molecule has 1 aliphatic heterocycles. The second kappa shape index (κ2) is 8.05. The third kappa shape index (κ3) is 3.99. The van der Waals surface area contributed by atoms with Crippen LogP contribution in [0.2, 0.25) is 0 Å². The van der Waals surface area contributed by atoms with Crippen molar-refractivity contribution in [3.8, 4) is 5.75 Å². The number of likely N-dealkylation sites (N-methyl/N-ethyl adjacent to an activating group) is 1. The van der Waals surface area contributed by atoms with Gasteiger partial charge in [0.15, 0.2) is 9.84 Å². The zero-order valence-electron chi connectivity index (χ0n) is 15.2. The number of ether oxygens (including phenoxy) is 1. The van der Waals surface area contributed by atoms with Crippen LogP contribution in [0, 0.1) is 0 Å². The molecule has 0 bridgehead atoms. The zero-order valence-corrected chi connectivity index (χ0v) is 16.1. The number of nitrogens with zero attached hydrogens (tertiary/aromatic N) is 1. The van der Waals surface area contributed by atoms with E-state index in [0.29, 0.717) is 6.42 Å². The third-order valence-electron chi connectivity index (χ3n) is 4.60. The first-order valence-corrected chi connectivity index (χ1v) is 10.2. The number of benzene rings is 1. The fraction of sp³-hybridized carbons (Fsp3) is 0.529. The van der Waals surface area contributed by atoms with Gasteiger partial charge in [-0.25, -0.2) is 8.42 Å². The number of nitrogens with one attached hydrogen (secondary N) is 1. The second-order valence-corrected chi connectivity index (χ2v) is 8.35. The number of imide groups is 1. The number of likely N-dealkylation sites (tertiary alicyclic amines) is 1. The summed E-state index contributed by atoms with van der Waals surface area (Å²) >= 11 is 0. The van der Waals surface area contributed by atoms with Crippen LogP contribution in [0.25, 0.3) is 0 Å². The molecule has 0 spiro atoms. The van der Waals surface area contributed by atoms with Gasteiger partial charge in [0.2, 0.25) is 5.91 Å². The quantitative estimate of drug-likeness (QED) is 0.551. The van der Waals surface area contributed by atoms with Gasteiger partial charge in [-0.1, -0.05) is 13.8 Å². The van der Waals surface area contributed by atoms with Crippen LogP contribution in [-0.2, 0) is 14.6 Å². The monoisotopic (exact) mass is 383 g/mol. The lowest BCUT2D eigenvalue weighted by molar-refractivity contribution is -0.124. The summed E-state index contributed by atoms with van der Waals surface area (Å²) < 4.78 is 29.5. The Balaban J connectivity index is 2.33. The highest BCUT2D eigenvalue weighted by molar-refractivity contribution is 7.91. The summed E-state index contributed by atoms with van der Waals surface area (Å²) in [6.07, 6.45) is 1.57. The smallest absolute Gasteiger partial charge is 0.261 e. The first-order valence-electron chi connectivity index (χ1n) is 8.54. The van der Waals surface area contributed by atoms with Gasteiger partial charge in [0, 0.05) is 6.07 Å². The Hall–Kier alpha value is -2.13. The summed E-state index contributed by atoms with van der Waals surface area (Å²) in [7, 11) is -2.28. The Morgan fingerprint density at radius 1 is 1.35 bits per heavy atom. The molecule has 3 N–H and O–H groups in total. The van der Waals surface area contributed by atoms with E-state index >= 15 is 0 Å². The molecule has 2 amide bonds. The minimum atomic E-state index is -3.62. The maximum atomic E-state index is 12.6. The Labute approximate surface area is 153 Å². The van der Waals surface area contributed by atoms with Gasteiger partial charge >= 0.3 is 0 Å². The van der Waals surface area contributed by atoms with Crippen molar-refractivity contribution >= 4 is 27.3 Å². The number of sulfone groups is 1. The van der Waals surface area contributed by atoms with Gasteiger partial charge in [-0.15, -0.1) is 0 Å². The summed E-state index contributed by atoms with van der Waals surface area (Å²) in [6, 6.07) is 2.10. The van der Waals surface area contributed by atoms with E-state index in [0.717, 1.165) is 19.5 Å². The van der Waals surface area contributed by atoms with E-state index < -0.39 is 21.7 Å². The van der Waals surface area contributed by atoms with Crippen LogP contribution >= 0.6 is 0 Å². The van der Waals surface area contributed by atoms with Gasteiger partial charge in [-0.05, 0) is 32.0 Å². The van der Waals surface area contributed by atoms with E-state index in [-0.39, 0.29) is 33.7 Å². The van der Waals surface area contributed by atoms with Gasteiger partial charge in [0.05, 0.1) is 35.1 Å². The van der Waals surface area contributed by atoms with Crippen LogP contribution in [0.1, 0.15) is 37.0 Å². The Bertz CT molecular complexity index is 807. The third-order valence-corrected chi connectivity index (χ3v) is 6.38. The highest BCUT2D eigenvalue weighted by Crippen LogP contribution is 2.29. The van der Waals surface area contributed by atoms with Crippen LogP contribution in [-0.4, -0.2) is 57.1 Å². The number of carbonyl (C=O) groups excluding carboxylic acids is 2. The van der Waals surface area contributed by atoms with Crippen LogP contribution in [0.3, 0.4) is 0 Å². The molecular weight excluding hydrogens is 358 g/mol. The largest absolute Gasteiger partial charge is 0.496 e. The van der Waals surface area contributed by atoms with E-state index in [1.54, 1.807) is 0 Å². The molecule has 1 aromatic rings. The Morgan fingerprint density at radius 2 is 2.04 bits per heavy atom. The lowest BCUT2D eigenvalue weighted by atomic mass is 10.1. The van der Waals surface area contributed by atoms with Crippen LogP contribution < -0.4 is 15.8 Å². The minimum Gasteiger partial charge on any atom is -0.496 e. The fourth-order valence-corrected chi connectivity index (χ4v) is 4.14. The maximum absolute atomic E-state index is 12.6. The predicted molar refractivity (Wildman–Crippen MR) is 97.9 cm³/mol. The minimum absolute atomic E-state index is 0.000437. The number of rotatable bonds is 6. The van der Waals surface area contributed by atoms with Crippen molar-refractivity contribution < 1.29 is 22.7 Å². The van der Waals surface area contributed by atoms with Gasteiger partial charge < -0.3 is 10.5 Å². The van der Waals surface area contributed by atoms with E-state index in [4.69, 9.17) is 10.5 Å². The molecule has 1 unspecified atom stereocenters. The van der Waals surface area contributed by atoms with Gasteiger partial charge in [-0.3, -0.25) is 19.8 Å². The van der Waals surface area contributed by atoms with Crippen LogP contribution in [0.15, 0.2) is 17.0 Å². The topological polar surface area (TPSA) is 119 Å². The van der Waals surface area contributed by atoms with Crippen molar-refractivity contribution in [1.82, 2.24) is 10.2 Å². The molecule has 9 heteroatoms. The molecule has 1 aliphatic rings. The zero-order chi connectivity index (χ0) is 19.5. The number of anilines is 1. The molecule has 1 fully saturated rings. The number of nitrogens with two attached hydrogens (primary N) is 1. The number of carbonyl (C=O) groups is 2. The summed E-state index contributed by atoms with van der Waals surface area (Å²) in [5, 5.41) is 2.36. The first-order chi connectivity index (χ1) is 12.2. The lowest BCUT2D eigenvalue weighted by Gasteiger charge is -2.21. The van der Waals surface area contributed by atoms with Crippen LogP contribution in [0.4, 0.5) is 5.69 Å². The van der Waals surface area contributed by atoms with E-state index in [1.165, 1.54) is 26.2 Å². The van der Waals surface area contributed by atoms with E-state index in [1.807, 2.05) is 11.8 Å². The average molecular weight is 383 g/mol. The molecule has 26 heavy (non-hydrogen) atoms. The van der Waals surface area contributed by atoms with Crippen molar-refractivity contribution in [1.29, 1.82) is 0 Å². The molecule has 1 heterocycles. The summed E-state index contributed by atoms with van der Waals surface area (Å²) in [6.45, 7) is 4.98. The van der Waals surface area contributed by atoms with Crippen molar-refractivity contribution in [2.45, 2.75) is 37.6 Å². The fourth-order valence-electron chi connectivity index (χ4n) is 3.11. The number of hydrogen-bond acceptors (Lipinski definition) is 7. The lowest BCUT2D eigenvalue weighted by Crippen LogP contribution is -2.45. The first kappa shape index (κ1) is 20.2. The molecule has 0 aromatic heterocycles. The molecule has 144 valence electrons. The van der Waals surface area contributed by atoms with Gasteiger partial charge in [-0.2, -0.15) is 0 Å². The predicted octanol–water partition coefficient (Wildman–Crippen LogP) is 0.812. The molecular formula is C17H25N3O5S. The highest BCUT2D eigenvalue weighted by atomic mass is 32.2.